The molecule has 0 saturated carbocycles. The Morgan fingerprint density at radius 2 is 2.18 bits per heavy atom. The molecule has 5 nitrogen and oxygen atoms in total. The lowest BCUT2D eigenvalue weighted by Crippen LogP contribution is -2.16. The first kappa shape index (κ1) is 14.3. The van der Waals surface area contributed by atoms with E-state index in [9.17, 15) is 4.79 Å². The maximum Gasteiger partial charge on any atom is 0.274 e. The minimum absolute atomic E-state index is 0.158. The highest BCUT2D eigenvalue weighted by Gasteiger charge is 2.19. The Kier molecular flexibility index (Phi) is 3.87. The van der Waals surface area contributed by atoms with Crippen LogP contribution in [0.4, 0.5) is 5.69 Å². The third-order valence-electron chi connectivity index (χ3n) is 3.46. The van der Waals surface area contributed by atoms with Crippen molar-refractivity contribution in [2.24, 2.45) is 0 Å². The van der Waals surface area contributed by atoms with Crippen LogP contribution in [0.3, 0.4) is 0 Å². The Morgan fingerprint density at radius 1 is 1.32 bits per heavy atom. The number of pyridine rings is 2. The lowest BCUT2D eigenvalue weighted by Gasteiger charge is -2.07. The molecule has 0 aliphatic carbocycles. The first-order valence-electron chi connectivity index (χ1n) is 7.38. The predicted molar refractivity (Wildman–Crippen MR) is 86.1 cm³/mol. The number of amides is 1. The number of imidazole rings is 1. The van der Waals surface area contributed by atoms with Gasteiger partial charge in [0.25, 0.3) is 5.91 Å². The highest BCUT2D eigenvalue weighted by atomic mass is 16.2. The average Bonchev–Trinajstić information content (AvgIpc) is 2.86. The smallest absolute Gasteiger partial charge is 0.274 e. The second kappa shape index (κ2) is 5.97. The second-order valence-corrected chi connectivity index (χ2v) is 5.29. The summed E-state index contributed by atoms with van der Waals surface area (Å²) in [5, 5.41) is 2.89. The summed E-state index contributed by atoms with van der Waals surface area (Å²) in [6, 6.07) is 7.55. The summed E-state index contributed by atoms with van der Waals surface area (Å²) in [5.41, 5.74) is 3.99. The van der Waals surface area contributed by atoms with Gasteiger partial charge in [0.1, 0.15) is 11.3 Å². The molecule has 0 bridgehead atoms. The average molecular weight is 294 g/mol. The first-order chi connectivity index (χ1) is 10.7. The zero-order valence-electron chi connectivity index (χ0n) is 12.7. The van der Waals surface area contributed by atoms with E-state index in [1.807, 2.05) is 35.7 Å². The number of nitrogens with one attached hydrogen (secondary N) is 1. The predicted octanol–water partition coefficient (Wildman–Crippen LogP) is 3.24. The number of rotatable bonds is 4. The lowest BCUT2D eigenvalue weighted by molar-refractivity contribution is 0.102. The Bertz CT molecular complexity index is 808. The van der Waals surface area contributed by atoms with Gasteiger partial charge in [-0.1, -0.05) is 19.4 Å². The number of fused-ring (bicyclic) bond motifs is 1. The summed E-state index contributed by atoms with van der Waals surface area (Å²) in [6.45, 7) is 4.08. The van der Waals surface area contributed by atoms with Crippen LogP contribution in [0.5, 0.6) is 0 Å². The number of carbonyl (C=O) groups excluding carboxylic acids is 1. The van der Waals surface area contributed by atoms with Gasteiger partial charge in [-0.2, -0.15) is 0 Å². The van der Waals surface area contributed by atoms with Gasteiger partial charge in [0.2, 0.25) is 0 Å². The molecular formula is C17H18N4O. The van der Waals surface area contributed by atoms with E-state index >= 15 is 0 Å². The largest absolute Gasteiger partial charge is 0.319 e. The van der Waals surface area contributed by atoms with Gasteiger partial charge < -0.3 is 5.32 Å². The van der Waals surface area contributed by atoms with Crippen molar-refractivity contribution in [1.29, 1.82) is 0 Å². The van der Waals surface area contributed by atoms with Gasteiger partial charge in [-0.05, 0) is 37.1 Å². The maximum atomic E-state index is 12.7. The van der Waals surface area contributed by atoms with Crippen LogP contribution in [0.25, 0.3) is 5.65 Å². The molecule has 0 radical (unpaired) electrons. The molecule has 112 valence electrons. The van der Waals surface area contributed by atoms with Crippen LogP contribution in [0.2, 0.25) is 0 Å². The van der Waals surface area contributed by atoms with Crippen LogP contribution in [0.15, 0.2) is 42.9 Å². The summed E-state index contributed by atoms with van der Waals surface area (Å²) in [7, 11) is 0. The van der Waals surface area contributed by atoms with Crippen molar-refractivity contribution < 1.29 is 4.79 Å². The quantitative estimate of drug-likeness (QED) is 0.803. The fourth-order valence-electron chi connectivity index (χ4n) is 2.48. The van der Waals surface area contributed by atoms with Gasteiger partial charge in [-0.15, -0.1) is 0 Å². The molecule has 0 aromatic carbocycles. The van der Waals surface area contributed by atoms with Gasteiger partial charge in [0, 0.05) is 12.4 Å². The standard InChI is InChI=1S/C17H18N4O/c1-3-5-14-16(17(22)19-13-6-4-9-18-10-13)21-11-12(2)7-8-15(21)20-14/h4,6-11H,3,5H2,1-2H3,(H,19,22). The zero-order valence-corrected chi connectivity index (χ0v) is 12.7. The molecule has 1 amide bonds. The molecule has 3 aromatic heterocycles. The normalized spacial score (nSPS) is 10.8. The molecule has 3 aromatic rings. The van der Waals surface area contributed by atoms with Crippen molar-refractivity contribution in [3.8, 4) is 0 Å². The van der Waals surface area contributed by atoms with Gasteiger partial charge >= 0.3 is 0 Å². The number of aromatic nitrogens is 3. The van der Waals surface area contributed by atoms with E-state index < -0.39 is 0 Å². The molecule has 22 heavy (non-hydrogen) atoms. The molecule has 0 saturated heterocycles. The van der Waals surface area contributed by atoms with Gasteiger partial charge in [-0.25, -0.2) is 4.98 Å². The minimum atomic E-state index is -0.158. The molecule has 0 fully saturated rings. The zero-order chi connectivity index (χ0) is 15.5. The van der Waals surface area contributed by atoms with Crippen molar-refractivity contribution in [2.75, 3.05) is 5.32 Å². The van der Waals surface area contributed by atoms with Gasteiger partial charge in [-0.3, -0.25) is 14.2 Å². The highest BCUT2D eigenvalue weighted by Crippen LogP contribution is 2.17. The van der Waals surface area contributed by atoms with E-state index in [1.165, 1.54) is 0 Å². The number of anilines is 1. The SMILES string of the molecule is CCCc1nc2ccc(C)cn2c1C(=O)Nc1cccnc1. The van der Waals surface area contributed by atoms with Crippen LogP contribution >= 0.6 is 0 Å². The molecule has 0 aliphatic heterocycles. The number of aryl methyl sites for hydroxylation is 2. The Hall–Kier alpha value is -2.69. The fraction of sp³-hybridized carbons (Fsp3) is 0.235. The number of carbonyl (C=O) groups is 1. The summed E-state index contributed by atoms with van der Waals surface area (Å²) < 4.78 is 1.87. The molecule has 5 heteroatoms. The summed E-state index contributed by atoms with van der Waals surface area (Å²) >= 11 is 0. The molecule has 0 aliphatic rings. The van der Waals surface area contributed by atoms with E-state index in [0.717, 1.165) is 29.7 Å². The van der Waals surface area contributed by atoms with E-state index in [1.54, 1.807) is 18.5 Å². The Morgan fingerprint density at radius 3 is 2.91 bits per heavy atom. The van der Waals surface area contributed by atoms with Crippen molar-refractivity contribution in [3.05, 3.63) is 59.8 Å². The van der Waals surface area contributed by atoms with Crippen LogP contribution in [0.1, 0.15) is 35.1 Å². The Balaban J connectivity index is 2.05. The van der Waals surface area contributed by atoms with Crippen molar-refractivity contribution in [1.82, 2.24) is 14.4 Å². The van der Waals surface area contributed by atoms with Crippen LogP contribution in [-0.4, -0.2) is 20.3 Å². The van der Waals surface area contributed by atoms with Gasteiger partial charge in [0.05, 0.1) is 17.6 Å². The third-order valence-corrected chi connectivity index (χ3v) is 3.46. The van der Waals surface area contributed by atoms with Crippen LogP contribution < -0.4 is 5.32 Å². The summed E-state index contributed by atoms with van der Waals surface area (Å²) in [4.78, 5) is 21.3. The van der Waals surface area contributed by atoms with E-state index in [2.05, 4.69) is 22.2 Å². The van der Waals surface area contributed by atoms with Crippen molar-refractivity contribution >= 4 is 17.2 Å². The third kappa shape index (κ3) is 2.70. The van der Waals surface area contributed by atoms with Gasteiger partial charge in [0.15, 0.2) is 0 Å². The molecule has 3 rings (SSSR count). The molecule has 0 unspecified atom stereocenters. The Labute approximate surface area is 129 Å². The fourth-order valence-corrected chi connectivity index (χ4v) is 2.48. The lowest BCUT2D eigenvalue weighted by atomic mass is 10.2. The van der Waals surface area contributed by atoms with Crippen LogP contribution in [-0.2, 0) is 6.42 Å². The van der Waals surface area contributed by atoms with Crippen molar-refractivity contribution in [3.63, 3.8) is 0 Å². The van der Waals surface area contributed by atoms with Crippen LogP contribution in [0, 0.1) is 6.92 Å². The van der Waals surface area contributed by atoms with E-state index in [-0.39, 0.29) is 5.91 Å². The molecule has 0 spiro atoms. The number of hydrogen-bond donors (Lipinski definition) is 1. The molecule has 1 N–H and O–H groups in total. The second-order valence-electron chi connectivity index (χ2n) is 5.29. The topological polar surface area (TPSA) is 59.3 Å². The summed E-state index contributed by atoms with van der Waals surface area (Å²) in [5.74, 6) is -0.158. The molecule has 3 heterocycles. The number of hydrogen-bond acceptors (Lipinski definition) is 3. The first-order valence-corrected chi connectivity index (χ1v) is 7.38. The maximum absolute atomic E-state index is 12.7. The molecule has 0 atom stereocenters. The highest BCUT2D eigenvalue weighted by molar-refractivity contribution is 6.04. The number of nitrogens with zero attached hydrogens (tertiary/aromatic N) is 3. The minimum Gasteiger partial charge on any atom is -0.319 e. The van der Waals surface area contributed by atoms with E-state index in [4.69, 9.17) is 0 Å². The van der Waals surface area contributed by atoms with Crippen molar-refractivity contribution in [2.45, 2.75) is 26.7 Å². The monoisotopic (exact) mass is 294 g/mol. The molecular weight excluding hydrogens is 276 g/mol. The summed E-state index contributed by atoms with van der Waals surface area (Å²) in [6.07, 6.45) is 6.97. The van der Waals surface area contributed by atoms with E-state index in [0.29, 0.717) is 11.4 Å².